The molecule has 0 unspecified atom stereocenters. The van der Waals surface area contributed by atoms with Crippen molar-refractivity contribution in [3.63, 3.8) is 0 Å². The molecule has 1 atom stereocenters. The minimum atomic E-state index is -1.95. The van der Waals surface area contributed by atoms with Gasteiger partial charge in [-0.1, -0.05) is 42.5 Å². The molecule has 0 spiro atoms. The van der Waals surface area contributed by atoms with E-state index in [2.05, 4.69) is 6.07 Å². The molecule has 0 bridgehead atoms. The van der Waals surface area contributed by atoms with Crippen molar-refractivity contribution in [2.24, 2.45) is 0 Å². The minimum Gasteiger partial charge on any atom is -0.372 e. The third-order valence-corrected chi connectivity index (χ3v) is 4.78. The van der Waals surface area contributed by atoms with E-state index in [1.54, 1.807) is 42.5 Å². The van der Waals surface area contributed by atoms with Gasteiger partial charge in [-0.2, -0.15) is 5.26 Å². The first-order valence-corrected chi connectivity index (χ1v) is 8.43. The van der Waals surface area contributed by atoms with Crippen LogP contribution in [0.15, 0.2) is 72.8 Å². The number of anilines is 1. The number of hydrogen-bond acceptors (Lipinski definition) is 3. The summed E-state index contributed by atoms with van der Waals surface area (Å²) in [6, 6.07) is 21.4. The largest absolute Gasteiger partial charge is 0.372 e. The SMILES string of the molecule is N#Cc1cccc(CN2C(=O)[C@@](O)(c3cccc(F)c3)c3ccccc32)c1. The van der Waals surface area contributed by atoms with Crippen LogP contribution in [0.1, 0.15) is 22.3 Å². The molecule has 4 nitrogen and oxygen atoms in total. The molecule has 0 radical (unpaired) electrons. The van der Waals surface area contributed by atoms with Crippen molar-refractivity contribution < 1.29 is 14.3 Å². The van der Waals surface area contributed by atoms with E-state index in [1.807, 2.05) is 6.07 Å². The normalized spacial score (nSPS) is 18.3. The van der Waals surface area contributed by atoms with Gasteiger partial charge < -0.3 is 10.0 Å². The molecule has 1 N–H and O–H groups in total. The molecule has 0 fully saturated rings. The Bertz CT molecular complexity index is 1090. The van der Waals surface area contributed by atoms with Crippen LogP contribution >= 0.6 is 0 Å². The minimum absolute atomic E-state index is 0.188. The van der Waals surface area contributed by atoms with E-state index in [4.69, 9.17) is 5.26 Å². The lowest BCUT2D eigenvalue weighted by atomic mass is 9.87. The lowest BCUT2D eigenvalue weighted by molar-refractivity contribution is -0.132. The number of para-hydroxylation sites is 1. The van der Waals surface area contributed by atoms with Crippen LogP contribution in [0.25, 0.3) is 0 Å². The van der Waals surface area contributed by atoms with Gasteiger partial charge in [0.2, 0.25) is 0 Å². The first-order valence-electron chi connectivity index (χ1n) is 8.43. The first kappa shape index (κ1) is 17.0. The molecule has 0 saturated carbocycles. The van der Waals surface area contributed by atoms with Crippen LogP contribution in [0.4, 0.5) is 10.1 Å². The highest BCUT2D eigenvalue weighted by atomic mass is 19.1. The Morgan fingerprint density at radius 1 is 1.04 bits per heavy atom. The summed E-state index contributed by atoms with van der Waals surface area (Å²) in [5.74, 6) is -1.07. The summed E-state index contributed by atoms with van der Waals surface area (Å²) in [4.78, 5) is 14.7. The van der Waals surface area contributed by atoms with Crippen LogP contribution in [0.5, 0.6) is 0 Å². The lowest BCUT2D eigenvalue weighted by Crippen LogP contribution is -2.41. The van der Waals surface area contributed by atoms with Crippen molar-refractivity contribution in [1.82, 2.24) is 0 Å². The van der Waals surface area contributed by atoms with E-state index >= 15 is 0 Å². The maximum atomic E-state index is 13.8. The molecule has 1 heterocycles. The predicted molar refractivity (Wildman–Crippen MR) is 98.2 cm³/mol. The maximum Gasteiger partial charge on any atom is 0.268 e. The van der Waals surface area contributed by atoms with Crippen molar-refractivity contribution in [2.45, 2.75) is 12.1 Å². The van der Waals surface area contributed by atoms with Crippen LogP contribution < -0.4 is 4.90 Å². The molecule has 132 valence electrons. The van der Waals surface area contributed by atoms with Crippen molar-refractivity contribution in [3.05, 3.63) is 101 Å². The molecule has 3 aromatic carbocycles. The highest BCUT2D eigenvalue weighted by Crippen LogP contribution is 2.45. The number of aliphatic hydroxyl groups is 1. The molecule has 1 aliphatic rings. The van der Waals surface area contributed by atoms with Crippen molar-refractivity contribution in [3.8, 4) is 6.07 Å². The highest BCUT2D eigenvalue weighted by Gasteiger charge is 2.51. The van der Waals surface area contributed by atoms with Crippen LogP contribution in [-0.2, 0) is 16.9 Å². The summed E-state index contributed by atoms with van der Waals surface area (Å²) in [7, 11) is 0. The number of carbonyl (C=O) groups excluding carboxylic acids is 1. The van der Waals surface area contributed by atoms with E-state index in [-0.39, 0.29) is 12.1 Å². The van der Waals surface area contributed by atoms with Gasteiger partial charge in [-0.25, -0.2) is 4.39 Å². The third-order valence-electron chi connectivity index (χ3n) is 4.78. The van der Waals surface area contributed by atoms with Crippen LogP contribution in [0.3, 0.4) is 0 Å². The fourth-order valence-electron chi connectivity index (χ4n) is 3.51. The number of amides is 1. The maximum absolute atomic E-state index is 13.8. The number of halogens is 1. The van der Waals surface area contributed by atoms with Crippen molar-refractivity contribution in [2.75, 3.05) is 4.90 Å². The zero-order valence-electron chi connectivity index (χ0n) is 14.3. The quantitative estimate of drug-likeness (QED) is 0.780. The molecule has 1 aliphatic heterocycles. The predicted octanol–water partition coefficient (Wildman–Crippen LogP) is 3.48. The highest BCUT2D eigenvalue weighted by molar-refractivity contribution is 6.09. The zero-order chi connectivity index (χ0) is 19.0. The molecule has 0 saturated heterocycles. The smallest absolute Gasteiger partial charge is 0.268 e. The van der Waals surface area contributed by atoms with Gasteiger partial charge in [0.15, 0.2) is 5.60 Å². The summed E-state index contributed by atoms with van der Waals surface area (Å²) in [6.07, 6.45) is 0. The average molecular weight is 358 g/mol. The number of hydrogen-bond donors (Lipinski definition) is 1. The van der Waals surface area contributed by atoms with Crippen LogP contribution in [0.2, 0.25) is 0 Å². The Balaban J connectivity index is 1.81. The number of nitriles is 1. The van der Waals surface area contributed by atoms with Gasteiger partial charge in [-0.05, 0) is 35.9 Å². The second-order valence-electron chi connectivity index (χ2n) is 6.44. The van der Waals surface area contributed by atoms with E-state index in [1.165, 1.54) is 29.2 Å². The topological polar surface area (TPSA) is 64.3 Å². The Morgan fingerprint density at radius 3 is 2.59 bits per heavy atom. The van der Waals surface area contributed by atoms with Crippen LogP contribution in [0, 0.1) is 17.1 Å². The summed E-state index contributed by atoms with van der Waals surface area (Å²) in [6.45, 7) is 0.197. The molecule has 4 rings (SSSR count). The molecule has 0 aromatic heterocycles. The van der Waals surface area contributed by atoms with Gasteiger partial charge in [0.25, 0.3) is 5.91 Å². The summed E-state index contributed by atoms with van der Waals surface area (Å²) >= 11 is 0. The number of benzene rings is 3. The Labute approximate surface area is 155 Å². The van der Waals surface area contributed by atoms with E-state index in [9.17, 15) is 14.3 Å². The summed E-state index contributed by atoms with van der Waals surface area (Å²) in [5.41, 5.74) is 0.473. The first-order chi connectivity index (χ1) is 13.0. The molecule has 5 heteroatoms. The molecule has 3 aromatic rings. The number of nitrogens with zero attached hydrogens (tertiary/aromatic N) is 2. The van der Waals surface area contributed by atoms with Gasteiger partial charge in [-0.15, -0.1) is 0 Å². The van der Waals surface area contributed by atoms with E-state index < -0.39 is 17.3 Å². The molecule has 0 aliphatic carbocycles. The zero-order valence-corrected chi connectivity index (χ0v) is 14.3. The van der Waals surface area contributed by atoms with Gasteiger partial charge in [0, 0.05) is 11.1 Å². The number of carbonyl (C=O) groups is 1. The van der Waals surface area contributed by atoms with Gasteiger partial charge in [0.05, 0.1) is 23.9 Å². The second-order valence-corrected chi connectivity index (χ2v) is 6.44. The fraction of sp³-hybridized carbons (Fsp3) is 0.0909. The monoisotopic (exact) mass is 358 g/mol. The van der Waals surface area contributed by atoms with Crippen LogP contribution in [-0.4, -0.2) is 11.0 Å². The van der Waals surface area contributed by atoms with Crippen molar-refractivity contribution in [1.29, 1.82) is 5.26 Å². The summed E-state index contributed by atoms with van der Waals surface area (Å²) in [5, 5.41) is 20.4. The Hall–Kier alpha value is -3.49. The van der Waals surface area contributed by atoms with Gasteiger partial charge >= 0.3 is 0 Å². The summed E-state index contributed by atoms with van der Waals surface area (Å²) < 4.78 is 13.8. The molecular formula is C22H15FN2O2. The number of rotatable bonds is 3. The van der Waals surface area contributed by atoms with E-state index in [0.29, 0.717) is 16.8 Å². The average Bonchev–Trinajstić information content (AvgIpc) is 2.91. The van der Waals surface area contributed by atoms with E-state index in [0.717, 1.165) is 5.56 Å². The molecular weight excluding hydrogens is 343 g/mol. The fourth-order valence-corrected chi connectivity index (χ4v) is 3.51. The third kappa shape index (κ3) is 2.67. The van der Waals surface area contributed by atoms with Gasteiger partial charge in [-0.3, -0.25) is 4.79 Å². The molecule has 1 amide bonds. The second kappa shape index (κ2) is 6.35. The number of fused-ring (bicyclic) bond motifs is 1. The Morgan fingerprint density at radius 2 is 1.81 bits per heavy atom. The lowest BCUT2D eigenvalue weighted by Gasteiger charge is -2.24. The van der Waals surface area contributed by atoms with Crippen molar-refractivity contribution >= 4 is 11.6 Å². The molecule has 27 heavy (non-hydrogen) atoms. The Kier molecular flexibility index (Phi) is 3.98. The van der Waals surface area contributed by atoms with Gasteiger partial charge in [0.1, 0.15) is 5.82 Å². The standard InChI is InChI=1S/C22H15FN2O2/c23-18-8-4-7-17(12-18)22(27)19-9-1-2-10-20(19)25(21(22)26)14-16-6-3-5-15(11-16)13-24/h1-12,27H,14H2/t22-/m1/s1.